The molecule has 0 unspecified atom stereocenters. The third-order valence-corrected chi connectivity index (χ3v) is 4.24. The molecule has 0 radical (unpaired) electrons. The van der Waals surface area contributed by atoms with Gasteiger partial charge in [-0.05, 0) is 52.8 Å². The summed E-state index contributed by atoms with van der Waals surface area (Å²) in [5.74, 6) is 0. The molecule has 21 heavy (non-hydrogen) atoms. The fraction of sp³-hybridized carbons (Fsp3) is 0.250. The normalized spacial score (nSPS) is 11.0. The molecule has 3 aromatic rings. The Labute approximate surface area is 137 Å². The van der Waals surface area contributed by atoms with Crippen molar-refractivity contribution in [1.82, 2.24) is 19.6 Å². The molecular formula is C16H17IN4. The maximum absolute atomic E-state index is 4.47. The minimum atomic E-state index is 0.744. The first-order valence-electron chi connectivity index (χ1n) is 6.96. The molecule has 3 rings (SSSR count). The van der Waals surface area contributed by atoms with Crippen LogP contribution in [-0.4, -0.2) is 19.6 Å². The Morgan fingerprint density at radius 1 is 1.14 bits per heavy atom. The van der Waals surface area contributed by atoms with Crippen molar-refractivity contribution in [3.05, 3.63) is 57.7 Å². The Morgan fingerprint density at radius 3 is 2.57 bits per heavy atom. The smallest absolute Gasteiger partial charge is 0.0828 e. The number of hydrogen-bond donors (Lipinski definition) is 0. The van der Waals surface area contributed by atoms with Gasteiger partial charge in [-0.15, -0.1) is 0 Å². The van der Waals surface area contributed by atoms with Crippen molar-refractivity contribution in [3.8, 4) is 11.1 Å². The molecule has 0 aliphatic carbocycles. The van der Waals surface area contributed by atoms with Gasteiger partial charge in [0, 0.05) is 22.4 Å². The summed E-state index contributed by atoms with van der Waals surface area (Å²) in [6.07, 6.45) is 4.96. The molecule has 0 saturated carbocycles. The van der Waals surface area contributed by atoms with Gasteiger partial charge in [0.2, 0.25) is 0 Å². The summed E-state index contributed by atoms with van der Waals surface area (Å²) in [5, 5.41) is 8.93. The van der Waals surface area contributed by atoms with Crippen LogP contribution >= 0.6 is 22.6 Å². The van der Waals surface area contributed by atoms with Gasteiger partial charge in [0.05, 0.1) is 24.1 Å². The average Bonchev–Trinajstić information content (AvgIpc) is 3.08. The van der Waals surface area contributed by atoms with Gasteiger partial charge in [-0.2, -0.15) is 10.2 Å². The minimum Gasteiger partial charge on any atom is -0.270 e. The van der Waals surface area contributed by atoms with E-state index in [9.17, 15) is 0 Å². The fourth-order valence-corrected chi connectivity index (χ4v) is 2.66. The number of hydrogen-bond acceptors (Lipinski definition) is 2. The number of nitrogens with zero attached hydrogens (tertiary/aromatic N) is 4. The van der Waals surface area contributed by atoms with Crippen LogP contribution in [0.3, 0.4) is 0 Å². The van der Waals surface area contributed by atoms with Gasteiger partial charge in [0.25, 0.3) is 0 Å². The van der Waals surface area contributed by atoms with E-state index in [1.807, 2.05) is 22.6 Å². The topological polar surface area (TPSA) is 35.6 Å². The summed E-state index contributed by atoms with van der Waals surface area (Å²) >= 11 is 2.32. The van der Waals surface area contributed by atoms with Gasteiger partial charge < -0.3 is 0 Å². The molecule has 4 nitrogen and oxygen atoms in total. The van der Waals surface area contributed by atoms with Crippen molar-refractivity contribution < 1.29 is 0 Å². The second-order valence-corrected chi connectivity index (χ2v) is 6.28. The lowest BCUT2D eigenvalue weighted by Crippen LogP contribution is -2.05. The standard InChI is InChI=1S/C16H17IN4/c1-3-15-8-16(20(2)19-15)11-21-10-13(9-18-21)12-4-6-14(17)7-5-12/h4-10H,3,11H2,1-2H3. The van der Waals surface area contributed by atoms with Crippen LogP contribution in [0.4, 0.5) is 0 Å². The van der Waals surface area contributed by atoms with Crippen LogP contribution < -0.4 is 0 Å². The fourth-order valence-electron chi connectivity index (χ4n) is 2.30. The van der Waals surface area contributed by atoms with Crippen LogP contribution in [0.2, 0.25) is 0 Å². The Balaban J connectivity index is 1.81. The summed E-state index contributed by atoms with van der Waals surface area (Å²) < 4.78 is 5.14. The number of aromatic nitrogens is 4. The summed E-state index contributed by atoms with van der Waals surface area (Å²) in [7, 11) is 1.98. The molecule has 0 spiro atoms. The van der Waals surface area contributed by atoms with Gasteiger partial charge in [-0.25, -0.2) is 0 Å². The largest absolute Gasteiger partial charge is 0.270 e. The highest BCUT2D eigenvalue weighted by atomic mass is 127. The SMILES string of the molecule is CCc1cc(Cn2cc(-c3ccc(I)cc3)cn2)n(C)n1. The van der Waals surface area contributed by atoms with Crippen LogP contribution in [0.25, 0.3) is 11.1 Å². The highest BCUT2D eigenvalue weighted by Crippen LogP contribution is 2.20. The molecule has 108 valence electrons. The molecule has 0 saturated heterocycles. The number of aryl methyl sites for hydroxylation is 2. The highest BCUT2D eigenvalue weighted by Gasteiger charge is 2.07. The lowest BCUT2D eigenvalue weighted by atomic mass is 10.1. The zero-order valence-corrected chi connectivity index (χ0v) is 14.3. The predicted octanol–water partition coefficient (Wildman–Crippen LogP) is 3.50. The Morgan fingerprint density at radius 2 is 1.90 bits per heavy atom. The average molecular weight is 392 g/mol. The monoisotopic (exact) mass is 392 g/mol. The predicted molar refractivity (Wildman–Crippen MR) is 92.1 cm³/mol. The third kappa shape index (κ3) is 3.18. The van der Waals surface area contributed by atoms with E-state index in [2.05, 4.69) is 76.2 Å². The van der Waals surface area contributed by atoms with E-state index >= 15 is 0 Å². The summed E-state index contributed by atoms with van der Waals surface area (Å²) in [6, 6.07) is 10.6. The van der Waals surface area contributed by atoms with Crippen molar-refractivity contribution in [2.75, 3.05) is 0 Å². The number of benzene rings is 1. The van der Waals surface area contributed by atoms with E-state index in [1.165, 1.54) is 14.8 Å². The van der Waals surface area contributed by atoms with E-state index in [0.29, 0.717) is 0 Å². The van der Waals surface area contributed by atoms with Crippen LogP contribution in [0.1, 0.15) is 18.3 Å². The molecule has 0 aliphatic heterocycles. The van der Waals surface area contributed by atoms with Gasteiger partial charge in [-0.1, -0.05) is 19.1 Å². The Bertz CT molecular complexity index is 740. The molecule has 2 aromatic heterocycles. The van der Waals surface area contributed by atoms with Crippen molar-refractivity contribution >= 4 is 22.6 Å². The number of halogens is 1. The molecule has 0 aliphatic rings. The molecule has 0 amide bonds. The molecule has 2 heterocycles. The molecule has 0 fully saturated rings. The first kappa shape index (κ1) is 14.3. The molecule has 0 atom stereocenters. The lowest BCUT2D eigenvalue weighted by Gasteiger charge is -2.01. The maximum Gasteiger partial charge on any atom is 0.0828 e. The third-order valence-electron chi connectivity index (χ3n) is 3.52. The van der Waals surface area contributed by atoms with E-state index in [1.54, 1.807) is 0 Å². The van der Waals surface area contributed by atoms with Crippen LogP contribution in [-0.2, 0) is 20.0 Å². The molecule has 0 N–H and O–H groups in total. The van der Waals surface area contributed by atoms with Crippen molar-refractivity contribution in [1.29, 1.82) is 0 Å². The van der Waals surface area contributed by atoms with Crippen molar-refractivity contribution in [2.45, 2.75) is 19.9 Å². The lowest BCUT2D eigenvalue weighted by molar-refractivity contribution is 0.618. The summed E-state index contributed by atoms with van der Waals surface area (Å²) in [6.45, 7) is 2.86. The van der Waals surface area contributed by atoms with Crippen LogP contribution in [0.15, 0.2) is 42.7 Å². The van der Waals surface area contributed by atoms with E-state index in [-0.39, 0.29) is 0 Å². The summed E-state index contributed by atoms with van der Waals surface area (Å²) in [4.78, 5) is 0. The van der Waals surface area contributed by atoms with E-state index < -0.39 is 0 Å². The van der Waals surface area contributed by atoms with Crippen molar-refractivity contribution in [2.24, 2.45) is 7.05 Å². The van der Waals surface area contributed by atoms with Crippen LogP contribution in [0.5, 0.6) is 0 Å². The minimum absolute atomic E-state index is 0.744. The second kappa shape index (κ2) is 6.01. The molecule has 0 bridgehead atoms. The Kier molecular flexibility index (Phi) is 4.10. The van der Waals surface area contributed by atoms with Gasteiger partial charge in [0.15, 0.2) is 0 Å². The quantitative estimate of drug-likeness (QED) is 0.638. The Hall–Kier alpha value is -1.63. The highest BCUT2D eigenvalue weighted by molar-refractivity contribution is 14.1. The zero-order valence-electron chi connectivity index (χ0n) is 12.1. The first-order valence-corrected chi connectivity index (χ1v) is 8.04. The second-order valence-electron chi connectivity index (χ2n) is 5.04. The van der Waals surface area contributed by atoms with E-state index in [0.717, 1.165) is 24.2 Å². The van der Waals surface area contributed by atoms with E-state index in [4.69, 9.17) is 0 Å². The summed E-state index contributed by atoms with van der Waals surface area (Å²) in [5.41, 5.74) is 4.63. The van der Waals surface area contributed by atoms with Crippen molar-refractivity contribution in [3.63, 3.8) is 0 Å². The zero-order chi connectivity index (χ0) is 14.8. The first-order chi connectivity index (χ1) is 10.2. The van der Waals surface area contributed by atoms with Gasteiger partial charge in [-0.3, -0.25) is 9.36 Å². The molecular weight excluding hydrogens is 375 g/mol. The number of rotatable bonds is 4. The van der Waals surface area contributed by atoms with Crippen LogP contribution in [0, 0.1) is 3.57 Å². The van der Waals surface area contributed by atoms with Gasteiger partial charge in [0.1, 0.15) is 0 Å². The molecule has 5 heteroatoms. The maximum atomic E-state index is 4.47. The van der Waals surface area contributed by atoms with Gasteiger partial charge >= 0.3 is 0 Å². The molecule has 1 aromatic carbocycles.